The third-order valence-electron chi connectivity index (χ3n) is 1.91. The molecule has 0 saturated heterocycles. The highest BCUT2D eigenvalue weighted by molar-refractivity contribution is 9.11. The normalized spacial score (nSPS) is 13.4. The van der Waals surface area contributed by atoms with Crippen molar-refractivity contribution in [3.05, 3.63) is 32.7 Å². The minimum atomic E-state index is -0.410. The smallest absolute Gasteiger partial charge is 0.0824 e. The molecule has 0 aliphatic carbocycles. The van der Waals surface area contributed by atoms with Gasteiger partial charge < -0.3 is 5.11 Å². The van der Waals surface area contributed by atoms with Crippen LogP contribution in [0.15, 0.2) is 27.1 Å². The van der Waals surface area contributed by atoms with Crippen LogP contribution >= 0.6 is 31.9 Å². The molecule has 0 aliphatic heterocycles. The fraction of sp³-hybridized carbons (Fsp3) is 0.400. The van der Waals surface area contributed by atoms with Crippen LogP contribution in [0.1, 0.15) is 25.5 Å². The number of aliphatic hydroxyl groups is 1. The van der Waals surface area contributed by atoms with Gasteiger partial charge in [-0.25, -0.2) is 0 Å². The number of rotatable bonds is 2. The summed E-state index contributed by atoms with van der Waals surface area (Å²) in [5, 5.41) is 9.85. The summed E-state index contributed by atoms with van der Waals surface area (Å²) in [6.45, 7) is 4.00. The Morgan fingerprint density at radius 3 is 2.38 bits per heavy atom. The van der Waals surface area contributed by atoms with E-state index in [4.69, 9.17) is 0 Å². The van der Waals surface area contributed by atoms with Gasteiger partial charge in [-0.3, -0.25) is 0 Å². The van der Waals surface area contributed by atoms with Crippen molar-refractivity contribution in [2.45, 2.75) is 20.0 Å². The van der Waals surface area contributed by atoms with Crippen molar-refractivity contribution in [2.75, 3.05) is 0 Å². The lowest BCUT2D eigenvalue weighted by molar-refractivity contribution is 0.126. The standard InChI is InChI=1S/C10H12Br2O/c1-6(2)10(13)8-5-7(11)3-4-9(8)12/h3-6,10,13H,1-2H3. The number of aliphatic hydroxyl groups excluding tert-OH is 1. The predicted octanol–water partition coefficient (Wildman–Crippen LogP) is 3.90. The fourth-order valence-corrected chi connectivity index (χ4v) is 1.96. The molecule has 0 aliphatic rings. The molecule has 1 N–H and O–H groups in total. The molecule has 0 radical (unpaired) electrons. The molecule has 1 rings (SSSR count). The van der Waals surface area contributed by atoms with Crippen LogP contribution in [0.5, 0.6) is 0 Å². The summed E-state index contributed by atoms with van der Waals surface area (Å²) in [5.41, 5.74) is 0.935. The molecule has 3 heteroatoms. The van der Waals surface area contributed by atoms with Crippen molar-refractivity contribution >= 4 is 31.9 Å². The second-order valence-electron chi connectivity index (χ2n) is 3.35. The Kier molecular flexibility index (Phi) is 3.95. The van der Waals surface area contributed by atoms with E-state index in [1.165, 1.54) is 0 Å². The third kappa shape index (κ3) is 2.79. The van der Waals surface area contributed by atoms with Gasteiger partial charge in [0.15, 0.2) is 0 Å². The summed E-state index contributed by atoms with van der Waals surface area (Å²) in [6, 6.07) is 5.82. The molecule has 0 saturated carbocycles. The van der Waals surface area contributed by atoms with Crippen molar-refractivity contribution < 1.29 is 5.11 Å². The maximum Gasteiger partial charge on any atom is 0.0824 e. The molecule has 1 atom stereocenters. The molecule has 13 heavy (non-hydrogen) atoms. The van der Waals surface area contributed by atoms with Crippen LogP contribution in [0.25, 0.3) is 0 Å². The molecule has 1 aromatic rings. The van der Waals surface area contributed by atoms with Gasteiger partial charge in [0, 0.05) is 8.95 Å². The van der Waals surface area contributed by atoms with Crippen molar-refractivity contribution in [1.82, 2.24) is 0 Å². The summed E-state index contributed by atoms with van der Waals surface area (Å²) < 4.78 is 1.95. The van der Waals surface area contributed by atoms with Gasteiger partial charge in [0.05, 0.1) is 6.10 Å². The molecule has 0 amide bonds. The zero-order valence-electron chi connectivity index (χ0n) is 7.59. The van der Waals surface area contributed by atoms with Crippen LogP contribution in [0.3, 0.4) is 0 Å². The van der Waals surface area contributed by atoms with E-state index >= 15 is 0 Å². The molecule has 0 bridgehead atoms. The molecule has 0 fully saturated rings. The van der Waals surface area contributed by atoms with Gasteiger partial charge in [0.1, 0.15) is 0 Å². The summed E-state index contributed by atoms with van der Waals surface area (Å²) in [5.74, 6) is 0.227. The van der Waals surface area contributed by atoms with Crippen molar-refractivity contribution in [2.24, 2.45) is 5.92 Å². The minimum absolute atomic E-state index is 0.227. The molecule has 0 spiro atoms. The van der Waals surface area contributed by atoms with E-state index in [-0.39, 0.29) is 5.92 Å². The second kappa shape index (κ2) is 4.58. The Bertz CT molecular complexity index is 297. The molecular formula is C10H12Br2O. The van der Waals surface area contributed by atoms with Crippen LogP contribution in [0.2, 0.25) is 0 Å². The van der Waals surface area contributed by atoms with E-state index in [1.807, 2.05) is 32.0 Å². The van der Waals surface area contributed by atoms with Gasteiger partial charge in [0.25, 0.3) is 0 Å². The van der Waals surface area contributed by atoms with E-state index in [2.05, 4.69) is 31.9 Å². The van der Waals surface area contributed by atoms with Crippen molar-refractivity contribution in [3.8, 4) is 0 Å². The first kappa shape index (κ1) is 11.2. The highest BCUT2D eigenvalue weighted by Gasteiger charge is 2.14. The lowest BCUT2D eigenvalue weighted by Gasteiger charge is -2.16. The lowest BCUT2D eigenvalue weighted by Crippen LogP contribution is -2.05. The summed E-state index contributed by atoms with van der Waals surface area (Å²) in [6.07, 6.45) is -0.410. The van der Waals surface area contributed by atoms with Gasteiger partial charge in [-0.2, -0.15) is 0 Å². The lowest BCUT2D eigenvalue weighted by atomic mass is 9.99. The van der Waals surface area contributed by atoms with E-state index in [0.717, 1.165) is 14.5 Å². The quantitative estimate of drug-likeness (QED) is 0.878. The largest absolute Gasteiger partial charge is 0.388 e. The van der Waals surface area contributed by atoms with Gasteiger partial charge >= 0.3 is 0 Å². The first-order valence-corrected chi connectivity index (χ1v) is 5.74. The van der Waals surface area contributed by atoms with E-state index < -0.39 is 6.10 Å². The van der Waals surface area contributed by atoms with E-state index in [1.54, 1.807) is 0 Å². The monoisotopic (exact) mass is 306 g/mol. The zero-order chi connectivity index (χ0) is 10.0. The number of halogens is 2. The van der Waals surface area contributed by atoms with Gasteiger partial charge in [-0.05, 0) is 29.7 Å². The predicted molar refractivity (Wildman–Crippen MR) is 61.6 cm³/mol. The fourth-order valence-electron chi connectivity index (χ4n) is 1.10. The highest BCUT2D eigenvalue weighted by atomic mass is 79.9. The molecular weight excluding hydrogens is 296 g/mol. The average Bonchev–Trinajstić information content (AvgIpc) is 2.08. The summed E-state index contributed by atoms with van der Waals surface area (Å²) in [7, 11) is 0. The number of hydrogen-bond donors (Lipinski definition) is 1. The van der Waals surface area contributed by atoms with Crippen LogP contribution in [-0.4, -0.2) is 5.11 Å². The van der Waals surface area contributed by atoms with Gasteiger partial charge in [0.2, 0.25) is 0 Å². The third-order valence-corrected chi connectivity index (χ3v) is 3.12. The average molecular weight is 308 g/mol. The molecule has 0 heterocycles. The summed E-state index contributed by atoms with van der Waals surface area (Å²) >= 11 is 6.80. The zero-order valence-corrected chi connectivity index (χ0v) is 10.8. The topological polar surface area (TPSA) is 20.2 Å². The molecule has 1 nitrogen and oxygen atoms in total. The molecule has 1 unspecified atom stereocenters. The first-order chi connectivity index (χ1) is 6.02. The van der Waals surface area contributed by atoms with Crippen LogP contribution in [0.4, 0.5) is 0 Å². The Morgan fingerprint density at radius 2 is 1.85 bits per heavy atom. The van der Waals surface area contributed by atoms with E-state index in [9.17, 15) is 5.11 Å². The number of hydrogen-bond acceptors (Lipinski definition) is 1. The minimum Gasteiger partial charge on any atom is -0.388 e. The van der Waals surface area contributed by atoms with Crippen LogP contribution in [0, 0.1) is 5.92 Å². The Morgan fingerprint density at radius 1 is 1.23 bits per heavy atom. The maximum atomic E-state index is 9.85. The first-order valence-electron chi connectivity index (χ1n) is 4.15. The SMILES string of the molecule is CC(C)C(O)c1cc(Br)ccc1Br. The molecule has 0 aromatic heterocycles. The van der Waals surface area contributed by atoms with Crippen LogP contribution in [-0.2, 0) is 0 Å². The maximum absolute atomic E-state index is 9.85. The van der Waals surface area contributed by atoms with Crippen molar-refractivity contribution in [3.63, 3.8) is 0 Å². The molecule has 1 aromatic carbocycles. The van der Waals surface area contributed by atoms with E-state index in [0.29, 0.717) is 0 Å². The number of benzene rings is 1. The second-order valence-corrected chi connectivity index (χ2v) is 5.12. The Balaban J connectivity index is 3.05. The van der Waals surface area contributed by atoms with Gasteiger partial charge in [-0.1, -0.05) is 45.7 Å². The van der Waals surface area contributed by atoms with Crippen LogP contribution < -0.4 is 0 Å². The Labute approximate surface area is 95.4 Å². The highest BCUT2D eigenvalue weighted by Crippen LogP contribution is 2.30. The van der Waals surface area contributed by atoms with Gasteiger partial charge in [-0.15, -0.1) is 0 Å². The summed E-state index contributed by atoms with van der Waals surface area (Å²) in [4.78, 5) is 0. The molecule has 72 valence electrons. The van der Waals surface area contributed by atoms with Crippen molar-refractivity contribution in [1.29, 1.82) is 0 Å². The Hall–Kier alpha value is 0.140.